The van der Waals surface area contributed by atoms with E-state index in [1.807, 2.05) is 0 Å². The van der Waals surface area contributed by atoms with Gasteiger partial charge in [0.2, 0.25) is 0 Å². The fraction of sp³-hybridized carbons (Fsp3) is 0.0704. The molecule has 0 saturated heterocycles. The Morgan fingerprint density at radius 1 is 0.250 bits per heavy atom. The van der Waals surface area contributed by atoms with Crippen LogP contribution in [0, 0.1) is 0 Å². The molecule has 1 heteroatoms. The van der Waals surface area contributed by atoms with E-state index in [1.165, 1.54) is 111 Å². The SMILES string of the molecule is CC1(C)c2ccccc2-c2cc(-c3ccc(N(c4ccccc4)c4ccccc4-c4cccc5c4-c4ccccc4C54c5ccccc5C5(c6ccccc6-c6ccccc65)c5ccccc54)cc3)ccc21. The average molecular weight is 916 g/mol. The van der Waals surface area contributed by atoms with Crippen LogP contribution < -0.4 is 4.90 Å². The van der Waals surface area contributed by atoms with Crippen LogP contribution in [-0.4, -0.2) is 0 Å². The number of anilines is 3. The highest BCUT2D eigenvalue weighted by Gasteiger charge is 2.59. The molecule has 0 N–H and O–H groups in total. The van der Waals surface area contributed by atoms with Crippen LogP contribution in [0.2, 0.25) is 0 Å². The molecule has 0 amide bonds. The third-order valence-electron chi connectivity index (χ3n) is 17.0. The number of hydrogen-bond acceptors (Lipinski definition) is 1. The first-order chi connectivity index (χ1) is 35.5. The number of fused-ring (bicyclic) bond motifs is 19. The van der Waals surface area contributed by atoms with Gasteiger partial charge in [0.25, 0.3) is 0 Å². The topological polar surface area (TPSA) is 3.24 Å². The van der Waals surface area contributed by atoms with Crippen LogP contribution in [0.15, 0.2) is 261 Å². The molecule has 72 heavy (non-hydrogen) atoms. The molecule has 0 bridgehead atoms. The highest BCUT2D eigenvalue weighted by atomic mass is 15.1. The van der Waals surface area contributed by atoms with Gasteiger partial charge in [0.1, 0.15) is 0 Å². The van der Waals surface area contributed by atoms with E-state index in [9.17, 15) is 0 Å². The predicted octanol–water partition coefficient (Wildman–Crippen LogP) is 17.8. The lowest BCUT2D eigenvalue weighted by atomic mass is 9.52. The van der Waals surface area contributed by atoms with Crippen molar-refractivity contribution in [3.05, 3.63) is 316 Å². The van der Waals surface area contributed by atoms with E-state index < -0.39 is 10.8 Å². The first kappa shape index (κ1) is 41.0. The van der Waals surface area contributed by atoms with Crippen molar-refractivity contribution in [2.75, 3.05) is 4.90 Å². The molecule has 0 atom stereocenters. The third kappa shape index (κ3) is 5.27. The number of para-hydroxylation sites is 2. The molecule has 0 radical (unpaired) electrons. The van der Waals surface area contributed by atoms with Crippen molar-refractivity contribution in [3.63, 3.8) is 0 Å². The number of rotatable bonds is 5. The zero-order valence-corrected chi connectivity index (χ0v) is 40.3. The van der Waals surface area contributed by atoms with E-state index in [0.717, 1.165) is 17.1 Å². The number of nitrogens with zero attached hydrogens (tertiary/aromatic N) is 1. The van der Waals surface area contributed by atoms with Crippen molar-refractivity contribution < 1.29 is 0 Å². The summed E-state index contributed by atoms with van der Waals surface area (Å²) in [5.74, 6) is 0. The van der Waals surface area contributed by atoms with E-state index in [-0.39, 0.29) is 5.41 Å². The van der Waals surface area contributed by atoms with Gasteiger partial charge >= 0.3 is 0 Å². The number of benzene rings is 11. The molecule has 4 aliphatic carbocycles. The van der Waals surface area contributed by atoms with Crippen molar-refractivity contribution in [2.24, 2.45) is 0 Å². The number of hydrogen-bond donors (Lipinski definition) is 0. The maximum atomic E-state index is 2.44. The Kier molecular flexibility index (Phi) is 8.62. The quantitative estimate of drug-likeness (QED) is 0.166. The van der Waals surface area contributed by atoms with Crippen molar-refractivity contribution in [2.45, 2.75) is 30.1 Å². The Labute approximate surface area is 422 Å². The van der Waals surface area contributed by atoms with E-state index >= 15 is 0 Å². The molecule has 11 aromatic rings. The van der Waals surface area contributed by atoms with Crippen LogP contribution in [0.1, 0.15) is 69.5 Å². The lowest BCUT2D eigenvalue weighted by molar-refractivity contribution is 0.633. The summed E-state index contributed by atoms with van der Waals surface area (Å²) in [4.78, 5) is 2.44. The molecule has 0 saturated carbocycles. The molecule has 1 nitrogen and oxygen atoms in total. The van der Waals surface area contributed by atoms with E-state index in [2.05, 4.69) is 280 Å². The second-order valence-electron chi connectivity index (χ2n) is 20.6. The van der Waals surface area contributed by atoms with Gasteiger partial charge in [0.05, 0.1) is 16.5 Å². The van der Waals surface area contributed by atoms with Crippen LogP contribution in [0.5, 0.6) is 0 Å². The predicted molar refractivity (Wildman–Crippen MR) is 298 cm³/mol. The Bertz CT molecular complexity index is 3930. The molecule has 2 spiro atoms. The second-order valence-corrected chi connectivity index (χ2v) is 20.6. The van der Waals surface area contributed by atoms with E-state index in [0.29, 0.717) is 0 Å². The summed E-state index contributed by atoms with van der Waals surface area (Å²) in [5, 5.41) is 0. The normalized spacial score (nSPS) is 14.9. The molecule has 4 aliphatic rings. The van der Waals surface area contributed by atoms with E-state index in [4.69, 9.17) is 0 Å². The zero-order chi connectivity index (χ0) is 47.8. The highest BCUT2D eigenvalue weighted by Crippen LogP contribution is 2.68. The summed E-state index contributed by atoms with van der Waals surface area (Å²) in [5.41, 5.74) is 28.5. The van der Waals surface area contributed by atoms with Crippen molar-refractivity contribution >= 4 is 17.1 Å². The molecule has 0 fully saturated rings. The standard InChI is InChI=1S/C71H49N/c1-69(2)57-29-11-6-25-52(57)56-45-47(41-44-58(56)69)46-39-42-49(43-40-46)72(48-21-4-3-5-22-48)67-38-19-10-26-53(67)54-28-20-37-66-68(54)55-27-9-14-32-61(55)71(66)64-35-17-15-33-62(64)70(63-34-16-18-36-65(63)71)59-30-12-7-23-50(59)51-24-8-13-31-60(51)70/h3-45H,1-2H3. The Hall–Kier alpha value is -8.78. The lowest BCUT2D eigenvalue weighted by Crippen LogP contribution is -2.43. The smallest absolute Gasteiger partial charge is 0.0720 e. The minimum atomic E-state index is -0.577. The van der Waals surface area contributed by atoms with Gasteiger partial charge in [0, 0.05) is 22.4 Å². The van der Waals surface area contributed by atoms with Gasteiger partial charge in [-0.2, -0.15) is 0 Å². The van der Waals surface area contributed by atoms with Gasteiger partial charge in [-0.1, -0.05) is 238 Å². The molecular weight excluding hydrogens is 867 g/mol. The first-order valence-corrected chi connectivity index (χ1v) is 25.4. The van der Waals surface area contributed by atoms with Crippen LogP contribution in [0.3, 0.4) is 0 Å². The Morgan fingerprint density at radius 3 is 1.24 bits per heavy atom. The summed E-state index contributed by atoms with van der Waals surface area (Å²) in [6.07, 6.45) is 0. The minimum Gasteiger partial charge on any atom is -0.310 e. The van der Waals surface area contributed by atoms with Gasteiger partial charge < -0.3 is 4.90 Å². The second kappa shape index (κ2) is 15.1. The van der Waals surface area contributed by atoms with Gasteiger partial charge in [-0.3, -0.25) is 0 Å². The fourth-order valence-electron chi connectivity index (χ4n) is 14.1. The Morgan fingerprint density at radius 2 is 0.639 bits per heavy atom. The third-order valence-corrected chi connectivity index (χ3v) is 17.0. The van der Waals surface area contributed by atoms with Crippen molar-refractivity contribution in [1.29, 1.82) is 0 Å². The molecule has 11 aromatic carbocycles. The maximum Gasteiger partial charge on any atom is 0.0720 e. The van der Waals surface area contributed by atoms with Crippen LogP contribution in [0.25, 0.3) is 55.6 Å². The molecule has 0 unspecified atom stereocenters. The van der Waals surface area contributed by atoms with Gasteiger partial charge in [-0.15, -0.1) is 0 Å². The van der Waals surface area contributed by atoms with Gasteiger partial charge in [-0.05, 0) is 142 Å². The monoisotopic (exact) mass is 915 g/mol. The fourth-order valence-corrected chi connectivity index (χ4v) is 14.1. The summed E-state index contributed by atoms with van der Waals surface area (Å²) >= 11 is 0. The first-order valence-electron chi connectivity index (χ1n) is 25.4. The zero-order valence-electron chi connectivity index (χ0n) is 40.3. The molecule has 0 aromatic heterocycles. The average Bonchev–Trinajstić information content (AvgIpc) is 4.00. The summed E-state index contributed by atoms with van der Waals surface area (Å²) in [7, 11) is 0. The lowest BCUT2D eigenvalue weighted by Gasteiger charge is -2.48. The highest BCUT2D eigenvalue weighted by molar-refractivity contribution is 6.01. The maximum absolute atomic E-state index is 2.44. The Balaban J connectivity index is 0.923. The van der Waals surface area contributed by atoms with E-state index in [1.54, 1.807) is 0 Å². The van der Waals surface area contributed by atoms with Gasteiger partial charge in [-0.25, -0.2) is 0 Å². The molecule has 338 valence electrons. The minimum absolute atomic E-state index is 0.0248. The molecule has 0 heterocycles. The van der Waals surface area contributed by atoms with Crippen LogP contribution >= 0.6 is 0 Å². The largest absolute Gasteiger partial charge is 0.310 e. The summed E-state index contributed by atoms with van der Waals surface area (Å²) in [6, 6.07) is 98.5. The molecule has 0 aliphatic heterocycles. The van der Waals surface area contributed by atoms with Gasteiger partial charge in [0.15, 0.2) is 0 Å². The van der Waals surface area contributed by atoms with Crippen LogP contribution in [0.4, 0.5) is 17.1 Å². The van der Waals surface area contributed by atoms with Crippen LogP contribution in [-0.2, 0) is 16.2 Å². The van der Waals surface area contributed by atoms with Crippen molar-refractivity contribution in [1.82, 2.24) is 0 Å². The summed E-state index contributed by atoms with van der Waals surface area (Å²) in [6.45, 7) is 4.69. The summed E-state index contributed by atoms with van der Waals surface area (Å²) < 4.78 is 0. The molecular formula is C71H49N. The van der Waals surface area contributed by atoms with Crippen molar-refractivity contribution in [3.8, 4) is 55.6 Å². The molecule has 15 rings (SSSR count).